The van der Waals surface area contributed by atoms with Gasteiger partial charge in [0.1, 0.15) is 0 Å². The van der Waals surface area contributed by atoms with E-state index in [1.807, 2.05) is 16.8 Å². The Balaban J connectivity index is 1.74. The third-order valence-corrected chi connectivity index (χ3v) is 3.70. The fourth-order valence-electron chi connectivity index (χ4n) is 2.06. The van der Waals surface area contributed by atoms with Crippen molar-refractivity contribution in [2.75, 3.05) is 6.54 Å². The second-order valence-electron chi connectivity index (χ2n) is 4.25. The van der Waals surface area contributed by atoms with Crippen molar-refractivity contribution in [3.05, 3.63) is 22.4 Å². The maximum absolute atomic E-state index is 9.85. The number of nitrogens with one attached hydrogen (secondary N) is 1. The molecule has 15 heavy (non-hydrogen) atoms. The summed E-state index contributed by atoms with van der Waals surface area (Å²) in [6.45, 7) is 0.633. The van der Waals surface area contributed by atoms with Gasteiger partial charge in [0.15, 0.2) is 0 Å². The Kier molecular flexibility index (Phi) is 3.75. The monoisotopic (exact) mass is 226 g/mol. The minimum Gasteiger partial charge on any atom is -0.387 e. The van der Waals surface area contributed by atoms with E-state index in [4.69, 9.17) is 5.73 Å². The lowest BCUT2D eigenvalue weighted by molar-refractivity contribution is 0.170. The Labute approximate surface area is 94.3 Å². The van der Waals surface area contributed by atoms with E-state index in [0.29, 0.717) is 18.6 Å². The summed E-state index contributed by atoms with van der Waals surface area (Å²) in [5.41, 5.74) is 6.83. The molecular weight excluding hydrogens is 208 g/mol. The van der Waals surface area contributed by atoms with Crippen LogP contribution in [0.2, 0.25) is 0 Å². The van der Waals surface area contributed by atoms with Crippen molar-refractivity contribution in [3.63, 3.8) is 0 Å². The largest absolute Gasteiger partial charge is 0.387 e. The van der Waals surface area contributed by atoms with E-state index in [2.05, 4.69) is 5.32 Å². The van der Waals surface area contributed by atoms with Gasteiger partial charge in [-0.3, -0.25) is 0 Å². The highest BCUT2D eigenvalue weighted by molar-refractivity contribution is 7.07. The van der Waals surface area contributed by atoms with Crippen LogP contribution in [0.15, 0.2) is 16.8 Å². The van der Waals surface area contributed by atoms with Gasteiger partial charge in [-0.2, -0.15) is 11.3 Å². The quantitative estimate of drug-likeness (QED) is 0.724. The van der Waals surface area contributed by atoms with Gasteiger partial charge in [-0.1, -0.05) is 0 Å². The minimum absolute atomic E-state index is 0.348. The molecule has 84 valence electrons. The van der Waals surface area contributed by atoms with E-state index < -0.39 is 0 Å². The highest BCUT2D eigenvalue weighted by Crippen LogP contribution is 2.19. The molecule has 0 saturated heterocycles. The Morgan fingerprint density at radius 3 is 3.07 bits per heavy atom. The lowest BCUT2D eigenvalue weighted by Crippen LogP contribution is -2.31. The van der Waals surface area contributed by atoms with Crippen molar-refractivity contribution in [1.82, 2.24) is 5.32 Å². The molecule has 1 aromatic rings. The van der Waals surface area contributed by atoms with Gasteiger partial charge in [-0.15, -0.1) is 0 Å². The third kappa shape index (κ3) is 3.01. The van der Waals surface area contributed by atoms with Crippen LogP contribution < -0.4 is 11.1 Å². The van der Waals surface area contributed by atoms with Gasteiger partial charge >= 0.3 is 0 Å². The highest BCUT2D eigenvalue weighted by Gasteiger charge is 2.21. The molecule has 4 heteroatoms. The molecule has 0 aromatic carbocycles. The summed E-state index contributed by atoms with van der Waals surface area (Å²) in [5.74, 6) is 0. The molecule has 1 aromatic heterocycles. The summed E-state index contributed by atoms with van der Waals surface area (Å²) in [7, 11) is 0. The predicted molar refractivity (Wildman–Crippen MR) is 62.9 cm³/mol. The average Bonchev–Trinajstić information content (AvgIpc) is 2.84. The van der Waals surface area contributed by atoms with E-state index in [0.717, 1.165) is 24.8 Å². The van der Waals surface area contributed by atoms with Crippen LogP contribution in [0.4, 0.5) is 0 Å². The average molecular weight is 226 g/mol. The first-order valence-corrected chi connectivity index (χ1v) is 6.39. The van der Waals surface area contributed by atoms with Crippen LogP contribution in [-0.4, -0.2) is 23.7 Å². The molecule has 3 nitrogen and oxygen atoms in total. The van der Waals surface area contributed by atoms with Crippen LogP contribution in [0.3, 0.4) is 0 Å². The van der Waals surface area contributed by atoms with Crippen molar-refractivity contribution in [3.8, 4) is 0 Å². The van der Waals surface area contributed by atoms with Crippen LogP contribution in [0, 0.1) is 0 Å². The number of aliphatic hydroxyl groups is 1. The standard InChI is InChI=1S/C11H18N2OS/c12-9-1-2-10(5-9)13-6-11(14)8-3-4-15-7-8/h3-4,7,9-11,13-14H,1-2,5-6,12H2. The van der Waals surface area contributed by atoms with Crippen LogP contribution in [0.1, 0.15) is 30.9 Å². The molecule has 1 heterocycles. The molecule has 4 N–H and O–H groups in total. The number of rotatable bonds is 4. The number of hydrogen-bond donors (Lipinski definition) is 3. The van der Waals surface area contributed by atoms with Crippen LogP contribution in [-0.2, 0) is 0 Å². The van der Waals surface area contributed by atoms with Gasteiger partial charge < -0.3 is 16.2 Å². The van der Waals surface area contributed by atoms with E-state index in [1.54, 1.807) is 11.3 Å². The maximum atomic E-state index is 9.85. The van der Waals surface area contributed by atoms with E-state index in [1.165, 1.54) is 0 Å². The summed E-state index contributed by atoms with van der Waals surface area (Å²) >= 11 is 1.62. The van der Waals surface area contributed by atoms with Crippen LogP contribution in [0.5, 0.6) is 0 Å². The van der Waals surface area contributed by atoms with E-state index in [-0.39, 0.29) is 6.10 Å². The minimum atomic E-state index is -0.381. The summed E-state index contributed by atoms with van der Waals surface area (Å²) in [6.07, 6.45) is 2.90. The summed E-state index contributed by atoms with van der Waals surface area (Å²) in [5, 5.41) is 17.2. The van der Waals surface area contributed by atoms with Gasteiger partial charge in [0.05, 0.1) is 6.10 Å². The Bertz CT molecular complexity index is 289. The summed E-state index contributed by atoms with van der Waals surface area (Å²) in [4.78, 5) is 0. The van der Waals surface area contributed by atoms with Gasteiger partial charge in [0, 0.05) is 18.6 Å². The molecule has 3 unspecified atom stereocenters. The topological polar surface area (TPSA) is 58.3 Å². The van der Waals surface area contributed by atoms with Gasteiger partial charge in [0.2, 0.25) is 0 Å². The molecule has 0 bridgehead atoms. The zero-order valence-electron chi connectivity index (χ0n) is 8.73. The Morgan fingerprint density at radius 1 is 1.60 bits per heavy atom. The lowest BCUT2D eigenvalue weighted by atomic mass is 10.2. The molecule has 3 atom stereocenters. The van der Waals surface area contributed by atoms with E-state index >= 15 is 0 Å². The number of aliphatic hydroxyl groups excluding tert-OH is 1. The first kappa shape index (κ1) is 11.1. The van der Waals surface area contributed by atoms with Crippen molar-refractivity contribution in [1.29, 1.82) is 0 Å². The zero-order chi connectivity index (χ0) is 10.7. The lowest BCUT2D eigenvalue weighted by Gasteiger charge is -2.15. The number of hydrogen-bond acceptors (Lipinski definition) is 4. The maximum Gasteiger partial charge on any atom is 0.0922 e. The molecule has 1 fully saturated rings. The molecule has 1 aliphatic rings. The van der Waals surface area contributed by atoms with Crippen molar-refractivity contribution < 1.29 is 5.11 Å². The first-order valence-electron chi connectivity index (χ1n) is 5.45. The van der Waals surface area contributed by atoms with Crippen molar-refractivity contribution >= 4 is 11.3 Å². The molecule has 2 rings (SSSR count). The summed E-state index contributed by atoms with van der Waals surface area (Å²) < 4.78 is 0. The van der Waals surface area contributed by atoms with Crippen LogP contribution in [0.25, 0.3) is 0 Å². The van der Waals surface area contributed by atoms with Crippen molar-refractivity contribution in [2.45, 2.75) is 37.5 Å². The van der Waals surface area contributed by atoms with E-state index in [9.17, 15) is 5.11 Å². The third-order valence-electron chi connectivity index (χ3n) is 3.00. The number of nitrogens with two attached hydrogens (primary N) is 1. The molecule has 0 amide bonds. The molecule has 0 radical (unpaired) electrons. The van der Waals surface area contributed by atoms with Gasteiger partial charge in [0.25, 0.3) is 0 Å². The molecular formula is C11H18N2OS. The smallest absolute Gasteiger partial charge is 0.0922 e. The molecule has 0 spiro atoms. The fourth-order valence-corrected chi connectivity index (χ4v) is 2.77. The van der Waals surface area contributed by atoms with Gasteiger partial charge in [-0.05, 0) is 41.7 Å². The molecule has 1 saturated carbocycles. The Morgan fingerprint density at radius 2 is 2.47 bits per heavy atom. The van der Waals surface area contributed by atoms with Gasteiger partial charge in [-0.25, -0.2) is 0 Å². The van der Waals surface area contributed by atoms with Crippen molar-refractivity contribution in [2.24, 2.45) is 5.73 Å². The SMILES string of the molecule is NC1CCC(NCC(O)c2ccsc2)C1. The second kappa shape index (κ2) is 5.07. The predicted octanol–water partition coefficient (Wildman–Crippen LogP) is 1.25. The molecule has 1 aliphatic carbocycles. The molecule has 0 aliphatic heterocycles. The van der Waals surface area contributed by atoms with Crippen LogP contribution >= 0.6 is 11.3 Å². The number of thiophene rings is 1. The first-order chi connectivity index (χ1) is 7.25. The normalized spacial score (nSPS) is 28.1. The fraction of sp³-hybridized carbons (Fsp3) is 0.636. The summed E-state index contributed by atoms with van der Waals surface area (Å²) in [6, 6.07) is 2.81. The highest BCUT2D eigenvalue weighted by atomic mass is 32.1. The Hall–Kier alpha value is -0.420. The zero-order valence-corrected chi connectivity index (χ0v) is 9.54. The second-order valence-corrected chi connectivity index (χ2v) is 5.03.